The highest BCUT2D eigenvalue weighted by molar-refractivity contribution is 7.24. The molecule has 0 amide bonds. The Kier molecular flexibility index (Phi) is 3.70. The Hall–Kier alpha value is -1.86. The fourth-order valence-corrected chi connectivity index (χ4v) is 3.45. The van der Waals surface area contributed by atoms with E-state index >= 15 is 0 Å². The van der Waals surface area contributed by atoms with Crippen LogP contribution in [0.5, 0.6) is 0 Å². The first kappa shape index (κ1) is 13.1. The zero-order chi connectivity index (χ0) is 13.9. The van der Waals surface area contributed by atoms with Crippen molar-refractivity contribution in [3.8, 4) is 20.5 Å². The van der Waals surface area contributed by atoms with Crippen LogP contribution in [0.1, 0.15) is 13.8 Å². The van der Waals surface area contributed by atoms with Gasteiger partial charge in [0.05, 0.1) is 4.88 Å². The standard InChI is InChI=1S/C13H13N5S2/c1-8(2)16-13-18-17-12(20-13)10-7-15-11(19-10)9-4-3-5-14-6-9/h3-8H,1-2H3,(H,16,18). The predicted molar refractivity (Wildman–Crippen MR) is 83.0 cm³/mol. The molecule has 0 saturated carbocycles. The summed E-state index contributed by atoms with van der Waals surface area (Å²) in [5.41, 5.74) is 1.02. The van der Waals surface area contributed by atoms with Gasteiger partial charge < -0.3 is 5.32 Å². The van der Waals surface area contributed by atoms with E-state index in [1.54, 1.807) is 28.9 Å². The monoisotopic (exact) mass is 303 g/mol. The summed E-state index contributed by atoms with van der Waals surface area (Å²) in [6.45, 7) is 4.16. The fourth-order valence-electron chi connectivity index (χ4n) is 1.62. The van der Waals surface area contributed by atoms with Gasteiger partial charge in [-0.15, -0.1) is 21.5 Å². The summed E-state index contributed by atoms with van der Waals surface area (Å²) >= 11 is 3.14. The number of anilines is 1. The Bertz CT molecular complexity index is 690. The smallest absolute Gasteiger partial charge is 0.206 e. The van der Waals surface area contributed by atoms with Crippen LogP contribution in [0.25, 0.3) is 20.5 Å². The van der Waals surface area contributed by atoms with E-state index in [0.717, 1.165) is 25.6 Å². The zero-order valence-corrected chi connectivity index (χ0v) is 12.7. The summed E-state index contributed by atoms with van der Waals surface area (Å²) in [5, 5.41) is 14.3. The number of nitrogens with zero attached hydrogens (tertiary/aromatic N) is 4. The largest absolute Gasteiger partial charge is 0.358 e. The lowest BCUT2D eigenvalue weighted by Crippen LogP contribution is -2.08. The molecule has 3 heterocycles. The van der Waals surface area contributed by atoms with Crippen molar-refractivity contribution in [1.29, 1.82) is 0 Å². The van der Waals surface area contributed by atoms with Crippen molar-refractivity contribution in [2.75, 3.05) is 5.32 Å². The molecule has 3 aromatic rings. The number of nitrogens with one attached hydrogen (secondary N) is 1. The van der Waals surface area contributed by atoms with Crippen LogP contribution in [0.3, 0.4) is 0 Å². The van der Waals surface area contributed by atoms with Crippen LogP contribution < -0.4 is 5.32 Å². The highest BCUT2D eigenvalue weighted by atomic mass is 32.1. The molecule has 3 rings (SSSR count). The molecule has 0 fully saturated rings. The molecule has 3 aromatic heterocycles. The van der Waals surface area contributed by atoms with Crippen LogP contribution in [-0.2, 0) is 0 Å². The highest BCUT2D eigenvalue weighted by Crippen LogP contribution is 2.34. The van der Waals surface area contributed by atoms with Gasteiger partial charge in [0.1, 0.15) is 5.01 Å². The number of pyridine rings is 1. The Morgan fingerprint density at radius 1 is 1.10 bits per heavy atom. The second kappa shape index (κ2) is 5.64. The average molecular weight is 303 g/mol. The van der Waals surface area contributed by atoms with Gasteiger partial charge in [-0.3, -0.25) is 4.98 Å². The number of hydrogen-bond acceptors (Lipinski definition) is 7. The molecule has 0 radical (unpaired) electrons. The molecular formula is C13H13N5S2. The first-order chi connectivity index (χ1) is 9.72. The molecule has 7 heteroatoms. The van der Waals surface area contributed by atoms with E-state index in [9.17, 15) is 0 Å². The summed E-state index contributed by atoms with van der Waals surface area (Å²) in [7, 11) is 0. The van der Waals surface area contributed by atoms with Gasteiger partial charge in [0.2, 0.25) is 5.13 Å². The normalized spacial score (nSPS) is 10.9. The van der Waals surface area contributed by atoms with Crippen LogP contribution in [0.4, 0.5) is 5.13 Å². The molecule has 0 aliphatic heterocycles. The maximum Gasteiger partial charge on any atom is 0.206 e. The van der Waals surface area contributed by atoms with Crippen molar-refractivity contribution in [2.45, 2.75) is 19.9 Å². The fraction of sp³-hybridized carbons (Fsp3) is 0.231. The molecule has 0 aliphatic rings. The van der Waals surface area contributed by atoms with Gasteiger partial charge in [0.15, 0.2) is 5.01 Å². The highest BCUT2D eigenvalue weighted by Gasteiger charge is 2.11. The SMILES string of the molecule is CC(C)Nc1nnc(-c2cnc(-c3cccnc3)s2)s1. The molecule has 0 atom stereocenters. The van der Waals surface area contributed by atoms with Crippen LogP contribution in [0.15, 0.2) is 30.7 Å². The van der Waals surface area contributed by atoms with Gasteiger partial charge in [-0.1, -0.05) is 11.3 Å². The van der Waals surface area contributed by atoms with Crippen LogP contribution in [-0.4, -0.2) is 26.2 Å². The minimum absolute atomic E-state index is 0.350. The van der Waals surface area contributed by atoms with E-state index in [4.69, 9.17) is 0 Å². The molecular weight excluding hydrogens is 290 g/mol. The minimum Gasteiger partial charge on any atom is -0.358 e. The van der Waals surface area contributed by atoms with Gasteiger partial charge in [0.25, 0.3) is 0 Å². The Balaban J connectivity index is 1.85. The lowest BCUT2D eigenvalue weighted by molar-refractivity contribution is 0.888. The maximum atomic E-state index is 4.43. The average Bonchev–Trinajstić information content (AvgIpc) is 3.07. The Morgan fingerprint density at radius 3 is 2.75 bits per heavy atom. The van der Waals surface area contributed by atoms with Gasteiger partial charge >= 0.3 is 0 Å². The van der Waals surface area contributed by atoms with Crippen molar-refractivity contribution in [3.63, 3.8) is 0 Å². The van der Waals surface area contributed by atoms with Crippen molar-refractivity contribution in [1.82, 2.24) is 20.2 Å². The number of hydrogen-bond donors (Lipinski definition) is 1. The predicted octanol–water partition coefficient (Wildman–Crippen LogP) is 3.54. The molecule has 0 aromatic carbocycles. The third kappa shape index (κ3) is 2.83. The van der Waals surface area contributed by atoms with Gasteiger partial charge in [-0.05, 0) is 26.0 Å². The van der Waals surface area contributed by atoms with Crippen molar-refractivity contribution >= 4 is 27.8 Å². The van der Waals surface area contributed by atoms with E-state index in [-0.39, 0.29) is 0 Å². The zero-order valence-electron chi connectivity index (χ0n) is 11.1. The molecule has 0 saturated heterocycles. The lowest BCUT2D eigenvalue weighted by Gasteiger charge is -2.02. The van der Waals surface area contributed by atoms with Crippen LogP contribution >= 0.6 is 22.7 Å². The summed E-state index contributed by atoms with van der Waals surface area (Å²) in [6.07, 6.45) is 5.41. The second-order valence-electron chi connectivity index (χ2n) is 4.48. The quantitative estimate of drug-likeness (QED) is 0.798. The second-order valence-corrected chi connectivity index (χ2v) is 6.49. The van der Waals surface area contributed by atoms with E-state index in [1.807, 2.05) is 24.5 Å². The van der Waals surface area contributed by atoms with Gasteiger partial charge in [-0.2, -0.15) is 0 Å². The molecule has 0 bridgehead atoms. The molecule has 0 spiro atoms. The van der Waals surface area contributed by atoms with E-state index in [1.165, 1.54) is 0 Å². The number of aromatic nitrogens is 4. The summed E-state index contributed by atoms with van der Waals surface area (Å²) in [6, 6.07) is 4.26. The summed E-state index contributed by atoms with van der Waals surface area (Å²) in [5.74, 6) is 0. The van der Waals surface area contributed by atoms with Crippen LogP contribution in [0.2, 0.25) is 0 Å². The topological polar surface area (TPSA) is 63.6 Å². The van der Waals surface area contributed by atoms with E-state index in [2.05, 4.69) is 39.3 Å². The number of rotatable bonds is 4. The third-order valence-electron chi connectivity index (χ3n) is 2.46. The van der Waals surface area contributed by atoms with Gasteiger partial charge in [-0.25, -0.2) is 4.98 Å². The Labute approximate surface area is 124 Å². The molecule has 0 aliphatic carbocycles. The number of thiazole rings is 1. The molecule has 20 heavy (non-hydrogen) atoms. The summed E-state index contributed by atoms with van der Waals surface area (Å²) in [4.78, 5) is 9.57. The Morgan fingerprint density at radius 2 is 2.00 bits per heavy atom. The molecule has 5 nitrogen and oxygen atoms in total. The minimum atomic E-state index is 0.350. The van der Waals surface area contributed by atoms with E-state index < -0.39 is 0 Å². The van der Waals surface area contributed by atoms with Gasteiger partial charge in [0, 0.05) is 30.2 Å². The van der Waals surface area contributed by atoms with E-state index in [0.29, 0.717) is 6.04 Å². The summed E-state index contributed by atoms with van der Waals surface area (Å²) < 4.78 is 0. The van der Waals surface area contributed by atoms with Crippen molar-refractivity contribution in [2.24, 2.45) is 0 Å². The molecule has 1 N–H and O–H groups in total. The van der Waals surface area contributed by atoms with Crippen LogP contribution in [0, 0.1) is 0 Å². The maximum absolute atomic E-state index is 4.43. The molecule has 0 unspecified atom stereocenters. The lowest BCUT2D eigenvalue weighted by atomic mass is 10.3. The van der Waals surface area contributed by atoms with Crippen molar-refractivity contribution < 1.29 is 0 Å². The third-order valence-corrected chi connectivity index (χ3v) is 4.53. The first-order valence-electron chi connectivity index (χ1n) is 6.19. The van der Waals surface area contributed by atoms with Crippen molar-refractivity contribution in [3.05, 3.63) is 30.7 Å². The molecule has 102 valence electrons. The first-order valence-corrected chi connectivity index (χ1v) is 7.82.